The van der Waals surface area contributed by atoms with Gasteiger partial charge in [-0.3, -0.25) is 0 Å². The van der Waals surface area contributed by atoms with E-state index in [1.165, 1.54) is 89.8 Å². The second-order valence-corrected chi connectivity index (χ2v) is 8.39. The molecular weight excluding hydrogens is 306 g/mol. The van der Waals surface area contributed by atoms with Crippen molar-refractivity contribution in [3.63, 3.8) is 0 Å². The molecule has 25 heavy (non-hydrogen) atoms. The lowest BCUT2D eigenvalue weighted by Gasteiger charge is -2.41. The highest BCUT2D eigenvalue weighted by Crippen LogP contribution is 2.28. The van der Waals surface area contributed by atoms with E-state index in [-0.39, 0.29) is 0 Å². The van der Waals surface area contributed by atoms with Crippen LogP contribution in [0.3, 0.4) is 0 Å². The summed E-state index contributed by atoms with van der Waals surface area (Å²) in [4.78, 5) is 10.6. The zero-order valence-electron chi connectivity index (χ0n) is 17.5. The Labute approximate surface area is 157 Å². The second-order valence-electron chi connectivity index (χ2n) is 8.39. The Hall–Kier alpha value is -0.730. The van der Waals surface area contributed by atoms with Crippen molar-refractivity contribution >= 4 is 5.96 Å². The minimum Gasteiger partial charge on any atom is -0.343 e. The maximum Gasteiger partial charge on any atom is 0.196 e. The van der Waals surface area contributed by atoms with Crippen LogP contribution in [-0.2, 0) is 0 Å². The summed E-state index contributed by atoms with van der Waals surface area (Å²) < 4.78 is 0. The number of likely N-dealkylation sites (tertiary alicyclic amines) is 1. The largest absolute Gasteiger partial charge is 0.343 e. The summed E-state index contributed by atoms with van der Waals surface area (Å²) in [7, 11) is 0. The Balaban J connectivity index is 2.15. The van der Waals surface area contributed by atoms with Crippen LogP contribution in [0.1, 0.15) is 91.9 Å². The monoisotopic (exact) mass is 349 g/mol. The van der Waals surface area contributed by atoms with Crippen LogP contribution in [0.15, 0.2) is 4.99 Å². The fourth-order valence-electron chi connectivity index (χ4n) is 4.47. The van der Waals surface area contributed by atoms with Crippen molar-refractivity contribution in [2.45, 2.75) is 97.9 Å². The third-order valence-electron chi connectivity index (χ3n) is 6.51. The molecule has 2 aliphatic rings. The number of unbranched alkanes of at least 4 members (excludes halogenated alkanes) is 1. The molecule has 2 fully saturated rings. The van der Waals surface area contributed by atoms with Crippen LogP contribution >= 0.6 is 0 Å². The maximum atomic E-state index is 5.37. The first-order chi connectivity index (χ1) is 12.2. The van der Waals surface area contributed by atoms with Crippen molar-refractivity contribution in [3.8, 4) is 0 Å². The van der Waals surface area contributed by atoms with Gasteiger partial charge in [0.25, 0.3) is 0 Å². The molecule has 0 aromatic carbocycles. The van der Waals surface area contributed by atoms with Crippen molar-refractivity contribution in [3.05, 3.63) is 0 Å². The number of hydrogen-bond acceptors (Lipinski definition) is 1. The van der Waals surface area contributed by atoms with E-state index in [2.05, 4.69) is 37.5 Å². The van der Waals surface area contributed by atoms with Crippen molar-refractivity contribution in [2.75, 3.05) is 26.2 Å². The van der Waals surface area contributed by atoms with Gasteiger partial charge in [0, 0.05) is 26.2 Å². The first-order valence-electron chi connectivity index (χ1n) is 11.3. The summed E-state index contributed by atoms with van der Waals surface area (Å²) in [6.07, 6.45) is 13.4. The lowest BCUT2D eigenvalue weighted by Crippen LogP contribution is -2.50. The molecule has 1 aliphatic heterocycles. The topological polar surface area (TPSA) is 18.8 Å². The number of nitrogens with zero attached hydrogens (tertiary/aromatic N) is 3. The van der Waals surface area contributed by atoms with E-state index in [4.69, 9.17) is 4.99 Å². The first kappa shape index (κ1) is 20.6. The molecule has 1 aliphatic carbocycles. The van der Waals surface area contributed by atoms with E-state index in [1.54, 1.807) is 0 Å². The van der Waals surface area contributed by atoms with Crippen LogP contribution < -0.4 is 0 Å². The van der Waals surface area contributed by atoms with Crippen molar-refractivity contribution in [2.24, 2.45) is 16.8 Å². The number of guanidine groups is 1. The van der Waals surface area contributed by atoms with Gasteiger partial charge in [-0.05, 0) is 50.9 Å². The van der Waals surface area contributed by atoms with Crippen LogP contribution in [-0.4, -0.2) is 48.0 Å². The molecule has 1 saturated heterocycles. The molecule has 0 bridgehead atoms. The minimum absolute atomic E-state index is 0.573. The average molecular weight is 350 g/mol. The average Bonchev–Trinajstić information content (AvgIpc) is 2.67. The van der Waals surface area contributed by atoms with Gasteiger partial charge in [-0.1, -0.05) is 52.9 Å². The lowest BCUT2D eigenvalue weighted by molar-refractivity contribution is 0.179. The molecule has 3 nitrogen and oxygen atoms in total. The highest BCUT2D eigenvalue weighted by atomic mass is 15.4. The number of piperidine rings is 1. The first-order valence-corrected chi connectivity index (χ1v) is 11.3. The molecule has 0 radical (unpaired) electrons. The van der Waals surface area contributed by atoms with Crippen LogP contribution in [0.2, 0.25) is 0 Å². The number of aliphatic imine (C=N–C) groups is 1. The highest BCUT2D eigenvalue weighted by Gasteiger charge is 2.28. The van der Waals surface area contributed by atoms with E-state index in [1.807, 2.05) is 0 Å². The molecule has 146 valence electrons. The van der Waals surface area contributed by atoms with E-state index in [9.17, 15) is 0 Å². The normalized spacial score (nSPS) is 24.4. The van der Waals surface area contributed by atoms with Gasteiger partial charge in [0.05, 0.1) is 6.04 Å². The van der Waals surface area contributed by atoms with Crippen LogP contribution in [0, 0.1) is 11.8 Å². The predicted octanol–water partition coefficient (Wildman–Crippen LogP) is 5.56. The summed E-state index contributed by atoms with van der Waals surface area (Å²) in [5.74, 6) is 3.03. The van der Waals surface area contributed by atoms with E-state index in [0.29, 0.717) is 6.04 Å². The molecule has 0 aromatic heterocycles. The predicted molar refractivity (Wildman–Crippen MR) is 110 cm³/mol. The van der Waals surface area contributed by atoms with Crippen LogP contribution in [0.4, 0.5) is 0 Å². The standard InChI is InChI=1S/C22H43N3/c1-5-8-16-24(7-3)22(23-21-14-10-9-11-15-21)25-17-12-13-20(18-25)19(4)6-2/h19-21H,5-18H2,1-4H3. The summed E-state index contributed by atoms with van der Waals surface area (Å²) >= 11 is 0. The molecule has 2 unspecified atom stereocenters. The van der Waals surface area contributed by atoms with Crippen molar-refractivity contribution in [1.29, 1.82) is 0 Å². The third-order valence-corrected chi connectivity index (χ3v) is 6.51. The van der Waals surface area contributed by atoms with Crippen LogP contribution in [0.5, 0.6) is 0 Å². The zero-order valence-corrected chi connectivity index (χ0v) is 17.5. The van der Waals surface area contributed by atoms with Crippen molar-refractivity contribution < 1.29 is 0 Å². The van der Waals surface area contributed by atoms with E-state index >= 15 is 0 Å². The highest BCUT2D eigenvalue weighted by molar-refractivity contribution is 5.80. The maximum absolute atomic E-state index is 5.37. The molecule has 0 N–H and O–H groups in total. The Morgan fingerprint density at radius 1 is 1.08 bits per heavy atom. The summed E-state index contributed by atoms with van der Waals surface area (Å²) in [5, 5.41) is 0. The van der Waals surface area contributed by atoms with Crippen molar-refractivity contribution in [1.82, 2.24) is 9.80 Å². The van der Waals surface area contributed by atoms with Crippen LogP contribution in [0.25, 0.3) is 0 Å². The molecule has 0 amide bonds. The smallest absolute Gasteiger partial charge is 0.196 e. The summed E-state index contributed by atoms with van der Waals surface area (Å²) in [6, 6.07) is 0.573. The fraction of sp³-hybridized carbons (Fsp3) is 0.955. The molecule has 1 heterocycles. The fourth-order valence-corrected chi connectivity index (χ4v) is 4.47. The molecule has 1 saturated carbocycles. The quantitative estimate of drug-likeness (QED) is 0.443. The molecule has 2 atom stereocenters. The van der Waals surface area contributed by atoms with Gasteiger partial charge in [0.15, 0.2) is 5.96 Å². The zero-order chi connectivity index (χ0) is 18.1. The molecule has 0 aromatic rings. The summed E-state index contributed by atoms with van der Waals surface area (Å²) in [6.45, 7) is 14.1. The van der Waals surface area contributed by atoms with E-state index < -0.39 is 0 Å². The number of hydrogen-bond donors (Lipinski definition) is 0. The van der Waals surface area contributed by atoms with Gasteiger partial charge in [0.2, 0.25) is 0 Å². The van der Waals surface area contributed by atoms with Gasteiger partial charge < -0.3 is 9.80 Å². The van der Waals surface area contributed by atoms with Gasteiger partial charge in [-0.2, -0.15) is 0 Å². The SMILES string of the molecule is CCCCN(CC)C(=NC1CCCCC1)N1CCCC(C(C)CC)C1. The summed E-state index contributed by atoms with van der Waals surface area (Å²) in [5.41, 5.74) is 0. The van der Waals surface area contributed by atoms with Gasteiger partial charge in [-0.15, -0.1) is 0 Å². The van der Waals surface area contributed by atoms with Gasteiger partial charge in [0.1, 0.15) is 0 Å². The van der Waals surface area contributed by atoms with E-state index in [0.717, 1.165) is 18.4 Å². The number of rotatable bonds is 7. The van der Waals surface area contributed by atoms with Gasteiger partial charge >= 0.3 is 0 Å². The Bertz CT molecular complexity index is 387. The Morgan fingerprint density at radius 2 is 1.84 bits per heavy atom. The second kappa shape index (κ2) is 11.1. The minimum atomic E-state index is 0.573. The lowest BCUT2D eigenvalue weighted by atomic mass is 9.85. The Kier molecular flexibility index (Phi) is 9.12. The Morgan fingerprint density at radius 3 is 2.48 bits per heavy atom. The molecule has 0 spiro atoms. The van der Waals surface area contributed by atoms with Gasteiger partial charge in [-0.25, -0.2) is 4.99 Å². The molecular formula is C22H43N3. The molecule has 2 rings (SSSR count). The third kappa shape index (κ3) is 6.18. The molecule has 3 heteroatoms.